The van der Waals surface area contributed by atoms with E-state index in [2.05, 4.69) is 4.98 Å². The van der Waals surface area contributed by atoms with E-state index in [0.717, 1.165) is 11.1 Å². The summed E-state index contributed by atoms with van der Waals surface area (Å²) < 4.78 is 22.9. The van der Waals surface area contributed by atoms with Crippen molar-refractivity contribution in [2.45, 2.75) is 13.8 Å². The topological polar surface area (TPSA) is 88.9 Å². The molecule has 0 bridgehead atoms. The van der Waals surface area contributed by atoms with Crippen molar-refractivity contribution in [1.82, 2.24) is 9.55 Å². The molecule has 0 aliphatic rings. The van der Waals surface area contributed by atoms with Crippen LogP contribution in [0.25, 0.3) is 27.7 Å². The Morgan fingerprint density at radius 3 is 2.17 bits per heavy atom. The van der Waals surface area contributed by atoms with Crippen LogP contribution in [0.3, 0.4) is 0 Å². The summed E-state index contributed by atoms with van der Waals surface area (Å²) in [5.41, 5.74) is 3.54. The molecule has 4 rings (SSSR count). The van der Waals surface area contributed by atoms with Crippen molar-refractivity contribution in [2.75, 3.05) is 28.4 Å². The fourth-order valence-electron chi connectivity index (χ4n) is 4.25. The lowest BCUT2D eigenvalue weighted by atomic mass is 9.94. The van der Waals surface area contributed by atoms with Crippen molar-refractivity contribution in [1.29, 1.82) is 0 Å². The average molecular weight is 475 g/mol. The Hall–Kier alpha value is -4.33. The highest BCUT2D eigenvalue weighted by molar-refractivity contribution is 6.07. The van der Waals surface area contributed by atoms with Gasteiger partial charge in [-0.05, 0) is 25.5 Å². The highest BCUT2D eigenvalue weighted by atomic mass is 16.5. The van der Waals surface area contributed by atoms with Crippen molar-refractivity contribution in [3.63, 3.8) is 0 Å². The van der Waals surface area contributed by atoms with Gasteiger partial charge in [0, 0.05) is 23.9 Å². The van der Waals surface area contributed by atoms with Crippen molar-refractivity contribution >= 4 is 16.9 Å². The summed E-state index contributed by atoms with van der Waals surface area (Å²) >= 11 is 0. The van der Waals surface area contributed by atoms with E-state index < -0.39 is 5.97 Å². The van der Waals surface area contributed by atoms with Crippen molar-refractivity contribution in [2.24, 2.45) is 0 Å². The Morgan fingerprint density at radius 1 is 0.914 bits per heavy atom. The number of aromatic nitrogens is 2. The zero-order valence-corrected chi connectivity index (χ0v) is 20.5. The van der Waals surface area contributed by atoms with Crippen LogP contribution in [0.4, 0.5) is 0 Å². The fourth-order valence-corrected chi connectivity index (χ4v) is 4.25. The molecule has 0 saturated carbocycles. The molecule has 2 aromatic carbocycles. The second-order valence-electron chi connectivity index (χ2n) is 7.94. The van der Waals surface area contributed by atoms with Gasteiger partial charge in [0.05, 0.1) is 56.3 Å². The number of carbonyl (C=O) groups excluding carboxylic acids is 1. The summed E-state index contributed by atoms with van der Waals surface area (Å²) in [6, 6.07) is 12.7. The lowest BCUT2D eigenvalue weighted by Gasteiger charge is -2.17. The van der Waals surface area contributed by atoms with Crippen LogP contribution in [0, 0.1) is 13.8 Å². The Kier molecular flexibility index (Phi) is 6.46. The molecule has 180 valence electrons. The quantitative estimate of drug-likeness (QED) is 0.381. The number of esters is 1. The maximum absolute atomic E-state index is 14.0. The largest absolute Gasteiger partial charge is 0.493 e. The molecule has 0 aliphatic carbocycles. The molecule has 0 fully saturated rings. The van der Waals surface area contributed by atoms with Gasteiger partial charge in [-0.2, -0.15) is 0 Å². The SMILES string of the molecule is COC(=O)c1c(C)nc2ccn(-c3cc(OC)c(OC)c(OC)c3)c(=O)c2c1-c1cccc(C)c1. The van der Waals surface area contributed by atoms with Crippen LogP contribution in [0.1, 0.15) is 21.6 Å². The number of pyridine rings is 2. The number of methoxy groups -OCH3 is 4. The summed E-state index contributed by atoms with van der Waals surface area (Å²) in [6.07, 6.45) is 1.63. The molecule has 0 atom stereocenters. The number of carbonyl (C=O) groups is 1. The maximum atomic E-state index is 14.0. The van der Waals surface area contributed by atoms with Gasteiger partial charge in [-0.15, -0.1) is 0 Å². The number of nitrogens with zero attached hydrogens (tertiary/aromatic N) is 2. The monoisotopic (exact) mass is 474 g/mol. The molecule has 8 heteroatoms. The minimum atomic E-state index is -0.559. The number of hydrogen-bond acceptors (Lipinski definition) is 7. The van der Waals surface area contributed by atoms with Gasteiger partial charge < -0.3 is 18.9 Å². The third kappa shape index (κ3) is 4.07. The lowest BCUT2D eigenvalue weighted by Crippen LogP contribution is -2.21. The summed E-state index contributed by atoms with van der Waals surface area (Å²) in [7, 11) is 5.84. The number of fused-ring (bicyclic) bond motifs is 1. The first-order valence-corrected chi connectivity index (χ1v) is 10.9. The van der Waals surface area contributed by atoms with Crippen LogP contribution in [0.5, 0.6) is 17.2 Å². The van der Waals surface area contributed by atoms with Crippen LogP contribution >= 0.6 is 0 Å². The van der Waals surface area contributed by atoms with Crippen LogP contribution in [-0.2, 0) is 4.74 Å². The van der Waals surface area contributed by atoms with Crippen LogP contribution in [0.2, 0.25) is 0 Å². The smallest absolute Gasteiger partial charge is 0.340 e. The van der Waals surface area contributed by atoms with E-state index in [1.165, 1.54) is 33.0 Å². The first-order chi connectivity index (χ1) is 16.8. The number of aryl methyl sites for hydroxylation is 2. The van der Waals surface area contributed by atoms with Gasteiger partial charge in [0.15, 0.2) is 11.5 Å². The third-order valence-corrected chi connectivity index (χ3v) is 5.84. The Labute approximate surface area is 202 Å². The molecule has 0 N–H and O–H groups in total. The molecule has 35 heavy (non-hydrogen) atoms. The van der Waals surface area contributed by atoms with Crippen LogP contribution in [-0.4, -0.2) is 44.0 Å². The van der Waals surface area contributed by atoms with E-state index in [1.54, 1.807) is 31.3 Å². The molecular formula is C27H26N2O6. The lowest BCUT2D eigenvalue weighted by molar-refractivity contribution is 0.0600. The molecule has 0 spiro atoms. The number of benzene rings is 2. The predicted octanol–water partition coefficient (Wildman–Crippen LogP) is 4.48. The van der Waals surface area contributed by atoms with E-state index in [0.29, 0.717) is 45.1 Å². The Morgan fingerprint density at radius 2 is 1.60 bits per heavy atom. The Balaban J connectivity index is 2.13. The van der Waals surface area contributed by atoms with E-state index in [4.69, 9.17) is 18.9 Å². The molecular weight excluding hydrogens is 448 g/mol. The zero-order valence-electron chi connectivity index (χ0n) is 20.5. The third-order valence-electron chi connectivity index (χ3n) is 5.84. The summed E-state index contributed by atoms with van der Waals surface area (Å²) in [5, 5.41) is 0.304. The number of ether oxygens (including phenoxy) is 4. The van der Waals surface area contributed by atoms with Gasteiger partial charge in [0.2, 0.25) is 5.75 Å². The highest BCUT2D eigenvalue weighted by Crippen LogP contribution is 2.39. The molecule has 2 heterocycles. The summed E-state index contributed by atoms with van der Waals surface area (Å²) in [4.78, 5) is 31.4. The molecule has 4 aromatic rings. The van der Waals surface area contributed by atoms with Gasteiger partial charge in [-0.25, -0.2) is 4.79 Å². The molecule has 0 amide bonds. The molecule has 0 unspecified atom stereocenters. The van der Waals surface area contributed by atoms with Crippen LogP contribution in [0.15, 0.2) is 53.5 Å². The van der Waals surface area contributed by atoms with Gasteiger partial charge in [-0.3, -0.25) is 14.3 Å². The maximum Gasteiger partial charge on any atom is 0.340 e. The minimum Gasteiger partial charge on any atom is -0.493 e. The van der Waals surface area contributed by atoms with Gasteiger partial charge in [0.25, 0.3) is 5.56 Å². The predicted molar refractivity (Wildman–Crippen MR) is 133 cm³/mol. The summed E-state index contributed by atoms with van der Waals surface area (Å²) in [5.74, 6) is 0.671. The van der Waals surface area contributed by atoms with Crippen molar-refractivity contribution < 1.29 is 23.7 Å². The number of hydrogen-bond donors (Lipinski definition) is 0. The van der Waals surface area contributed by atoms with Crippen molar-refractivity contribution in [3.8, 4) is 34.1 Å². The van der Waals surface area contributed by atoms with E-state index in [1.807, 2.05) is 31.2 Å². The van der Waals surface area contributed by atoms with Crippen LogP contribution < -0.4 is 19.8 Å². The van der Waals surface area contributed by atoms with Gasteiger partial charge >= 0.3 is 5.97 Å². The average Bonchev–Trinajstić information content (AvgIpc) is 2.86. The summed E-state index contributed by atoms with van der Waals surface area (Å²) in [6.45, 7) is 3.68. The highest BCUT2D eigenvalue weighted by Gasteiger charge is 2.24. The first-order valence-electron chi connectivity index (χ1n) is 10.9. The Bertz CT molecular complexity index is 1480. The molecule has 2 aromatic heterocycles. The molecule has 0 aliphatic heterocycles. The zero-order chi connectivity index (χ0) is 25.3. The van der Waals surface area contributed by atoms with Crippen molar-refractivity contribution in [3.05, 3.63) is 75.8 Å². The fraction of sp³-hybridized carbons (Fsp3) is 0.222. The number of rotatable bonds is 6. The first kappa shape index (κ1) is 23.8. The van der Waals surface area contributed by atoms with E-state index in [9.17, 15) is 9.59 Å². The van der Waals surface area contributed by atoms with E-state index >= 15 is 0 Å². The van der Waals surface area contributed by atoms with Gasteiger partial charge in [-0.1, -0.05) is 29.8 Å². The van der Waals surface area contributed by atoms with Gasteiger partial charge in [0.1, 0.15) is 0 Å². The second-order valence-corrected chi connectivity index (χ2v) is 7.94. The normalized spacial score (nSPS) is 10.8. The molecule has 0 radical (unpaired) electrons. The molecule has 0 saturated heterocycles. The van der Waals surface area contributed by atoms with E-state index in [-0.39, 0.29) is 11.1 Å². The standard InChI is InChI=1S/C27H26N2O6/c1-15-8-7-9-17(12-15)23-22(27(31)35-6)16(2)28-19-10-11-29(26(30)24(19)23)18-13-20(32-3)25(34-5)21(14-18)33-4/h7-14H,1-6H3. The second kappa shape index (κ2) is 9.50. The minimum absolute atomic E-state index is 0.255. The molecule has 8 nitrogen and oxygen atoms in total.